The zero-order chi connectivity index (χ0) is 21.9. The molecule has 1 N–H and O–H groups in total. The van der Waals surface area contributed by atoms with Gasteiger partial charge in [0.2, 0.25) is 15.9 Å². The normalized spacial score (nSPS) is 17.3. The molecule has 1 amide bonds. The van der Waals surface area contributed by atoms with E-state index in [0.717, 1.165) is 25.7 Å². The number of nitrogens with one attached hydrogen (secondary N) is 1. The van der Waals surface area contributed by atoms with Gasteiger partial charge in [0.25, 0.3) is 0 Å². The molecule has 0 radical (unpaired) electrons. The van der Waals surface area contributed by atoms with Gasteiger partial charge in [0.15, 0.2) is 0 Å². The SMILES string of the molecule is CCOC(=O)c1cc(C#N)c(N2CC(C(=O)NS(=O)(=O)CC3CCCC3)C2)nc1C. The number of aryl methyl sites for hydroxylation is 1. The molecule has 10 heteroatoms. The third-order valence-electron chi connectivity index (χ3n) is 5.55. The van der Waals surface area contributed by atoms with E-state index >= 15 is 0 Å². The lowest BCUT2D eigenvalue weighted by Crippen LogP contribution is -2.55. The van der Waals surface area contributed by atoms with Crippen LogP contribution in [0.25, 0.3) is 0 Å². The van der Waals surface area contributed by atoms with Gasteiger partial charge in [-0.3, -0.25) is 9.52 Å². The van der Waals surface area contributed by atoms with Gasteiger partial charge >= 0.3 is 5.97 Å². The van der Waals surface area contributed by atoms with Crippen LogP contribution in [0.2, 0.25) is 0 Å². The summed E-state index contributed by atoms with van der Waals surface area (Å²) >= 11 is 0. The van der Waals surface area contributed by atoms with Crippen molar-refractivity contribution in [3.63, 3.8) is 0 Å². The third-order valence-corrected chi connectivity index (χ3v) is 6.97. The molecule has 3 rings (SSSR count). The quantitative estimate of drug-likeness (QED) is 0.639. The van der Waals surface area contributed by atoms with Crippen LogP contribution in [0.5, 0.6) is 0 Å². The van der Waals surface area contributed by atoms with E-state index in [1.807, 2.05) is 6.07 Å². The van der Waals surface area contributed by atoms with E-state index in [0.29, 0.717) is 11.5 Å². The summed E-state index contributed by atoms with van der Waals surface area (Å²) in [5, 5.41) is 9.45. The molecule has 2 aliphatic rings. The van der Waals surface area contributed by atoms with Crippen molar-refractivity contribution in [1.82, 2.24) is 9.71 Å². The second kappa shape index (κ2) is 9.00. The topological polar surface area (TPSA) is 129 Å². The van der Waals surface area contributed by atoms with Crippen LogP contribution < -0.4 is 9.62 Å². The van der Waals surface area contributed by atoms with Gasteiger partial charge in [-0.25, -0.2) is 18.2 Å². The molecule has 1 saturated heterocycles. The number of hydrogen-bond donors (Lipinski definition) is 1. The molecule has 0 atom stereocenters. The smallest absolute Gasteiger partial charge is 0.340 e. The highest BCUT2D eigenvalue weighted by molar-refractivity contribution is 7.90. The highest BCUT2D eigenvalue weighted by Gasteiger charge is 2.37. The number of carbonyl (C=O) groups is 2. The molecule has 1 aliphatic heterocycles. The van der Waals surface area contributed by atoms with E-state index in [-0.39, 0.29) is 42.5 Å². The lowest BCUT2D eigenvalue weighted by molar-refractivity contribution is -0.123. The largest absolute Gasteiger partial charge is 0.462 e. The maximum Gasteiger partial charge on any atom is 0.340 e. The standard InChI is InChI=1S/C20H26N4O5S/c1-3-29-20(26)17-8-15(9-21)18(22-13(17)2)24-10-16(11-24)19(25)23-30(27,28)12-14-6-4-5-7-14/h8,14,16H,3-7,10-12H2,1-2H3,(H,23,25). The lowest BCUT2D eigenvalue weighted by atomic mass is 9.98. The van der Waals surface area contributed by atoms with Crippen molar-refractivity contribution in [1.29, 1.82) is 5.26 Å². The Morgan fingerprint density at radius 1 is 1.33 bits per heavy atom. The fourth-order valence-electron chi connectivity index (χ4n) is 3.91. The maximum atomic E-state index is 12.4. The minimum Gasteiger partial charge on any atom is -0.462 e. The van der Waals surface area contributed by atoms with Gasteiger partial charge < -0.3 is 9.64 Å². The van der Waals surface area contributed by atoms with Gasteiger partial charge in [-0.1, -0.05) is 12.8 Å². The summed E-state index contributed by atoms with van der Waals surface area (Å²) in [5.74, 6) is -1.08. The third kappa shape index (κ3) is 4.90. The van der Waals surface area contributed by atoms with Crippen molar-refractivity contribution in [2.75, 3.05) is 30.3 Å². The summed E-state index contributed by atoms with van der Waals surface area (Å²) in [6.45, 7) is 4.07. The zero-order valence-corrected chi connectivity index (χ0v) is 18.0. The highest BCUT2D eigenvalue weighted by atomic mass is 32.2. The molecule has 9 nitrogen and oxygen atoms in total. The molecular formula is C20H26N4O5S. The summed E-state index contributed by atoms with van der Waals surface area (Å²) in [6.07, 6.45) is 3.84. The molecule has 30 heavy (non-hydrogen) atoms. The van der Waals surface area contributed by atoms with Crippen LogP contribution in [0.4, 0.5) is 5.82 Å². The number of sulfonamides is 1. The molecule has 0 bridgehead atoms. The summed E-state index contributed by atoms with van der Waals surface area (Å²) in [6, 6.07) is 3.46. The Labute approximate surface area is 176 Å². The predicted molar refractivity (Wildman–Crippen MR) is 109 cm³/mol. The first-order valence-corrected chi connectivity index (χ1v) is 11.8. The van der Waals surface area contributed by atoms with Crippen molar-refractivity contribution in [2.24, 2.45) is 11.8 Å². The lowest BCUT2D eigenvalue weighted by Gasteiger charge is -2.39. The van der Waals surface area contributed by atoms with Crippen molar-refractivity contribution < 1.29 is 22.7 Å². The molecule has 162 valence electrons. The van der Waals surface area contributed by atoms with Gasteiger partial charge in [-0.05, 0) is 38.7 Å². The zero-order valence-electron chi connectivity index (χ0n) is 17.2. The first kappa shape index (κ1) is 22.0. The van der Waals surface area contributed by atoms with Crippen LogP contribution in [0.3, 0.4) is 0 Å². The van der Waals surface area contributed by atoms with Crippen molar-refractivity contribution in [3.8, 4) is 6.07 Å². The van der Waals surface area contributed by atoms with Crippen molar-refractivity contribution >= 4 is 27.7 Å². The number of nitrogens with zero attached hydrogens (tertiary/aromatic N) is 3. The molecule has 0 aromatic carbocycles. The van der Waals surface area contributed by atoms with Crippen molar-refractivity contribution in [2.45, 2.75) is 39.5 Å². The second-order valence-electron chi connectivity index (χ2n) is 7.82. The number of rotatable bonds is 7. The minimum absolute atomic E-state index is 0.0101. The van der Waals surface area contributed by atoms with E-state index in [4.69, 9.17) is 4.74 Å². The molecule has 1 aromatic rings. The van der Waals surface area contributed by atoms with Gasteiger partial charge in [-0.2, -0.15) is 5.26 Å². The molecule has 2 fully saturated rings. The summed E-state index contributed by atoms with van der Waals surface area (Å²) < 4.78 is 31.7. The van der Waals surface area contributed by atoms with Crippen LogP contribution in [0.15, 0.2) is 6.07 Å². The van der Waals surface area contributed by atoms with Crippen LogP contribution in [-0.2, 0) is 19.6 Å². The molecule has 2 heterocycles. The Hall–Kier alpha value is -2.67. The van der Waals surface area contributed by atoms with Crippen LogP contribution in [0.1, 0.15) is 54.2 Å². The fourth-order valence-corrected chi connectivity index (χ4v) is 5.42. The Morgan fingerprint density at radius 2 is 2.00 bits per heavy atom. The number of amides is 1. The molecule has 1 aromatic heterocycles. The number of esters is 1. The number of carbonyl (C=O) groups excluding carboxylic acids is 2. The summed E-state index contributed by atoms with van der Waals surface area (Å²) in [7, 11) is -3.65. The van der Waals surface area contributed by atoms with Gasteiger partial charge in [0.05, 0.1) is 35.1 Å². The Kier molecular flexibility index (Phi) is 6.61. The number of nitriles is 1. The number of pyridine rings is 1. The molecule has 1 aliphatic carbocycles. The first-order chi connectivity index (χ1) is 14.2. The molecule has 1 saturated carbocycles. The Morgan fingerprint density at radius 3 is 2.60 bits per heavy atom. The fraction of sp³-hybridized carbons (Fsp3) is 0.600. The number of anilines is 1. The van der Waals surface area contributed by atoms with E-state index in [1.165, 1.54) is 6.07 Å². The highest BCUT2D eigenvalue weighted by Crippen LogP contribution is 2.29. The van der Waals surface area contributed by atoms with Gasteiger partial charge in [0, 0.05) is 13.1 Å². The summed E-state index contributed by atoms with van der Waals surface area (Å²) in [5.41, 5.74) is 0.857. The monoisotopic (exact) mass is 434 g/mol. The van der Waals surface area contributed by atoms with Crippen LogP contribution in [0, 0.1) is 30.1 Å². The van der Waals surface area contributed by atoms with Gasteiger partial charge in [0.1, 0.15) is 11.9 Å². The van der Waals surface area contributed by atoms with Crippen molar-refractivity contribution in [3.05, 3.63) is 22.9 Å². The Bertz CT molecular complexity index is 974. The van der Waals surface area contributed by atoms with E-state index in [1.54, 1.807) is 18.7 Å². The first-order valence-electron chi connectivity index (χ1n) is 10.1. The number of hydrogen-bond acceptors (Lipinski definition) is 8. The van der Waals surface area contributed by atoms with Gasteiger partial charge in [-0.15, -0.1) is 0 Å². The number of ether oxygens (including phenoxy) is 1. The Balaban J connectivity index is 1.63. The maximum absolute atomic E-state index is 12.4. The van der Waals surface area contributed by atoms with E-state index in [2.05, 4.69) is 9.71 Å². The minimum atomic E-state index is -3.65. The van der Waals surface area contributed by atoms with Crippen LogP contribution >= 0.6 is 0 Å². The molecular weight excluding hydrogens is 408 g/mol. The average Bonchev–Trinajstić information content (AvgIpc) is 3.12. The molecule has 0 spiro atoms. The average molecular weight is 435 g/mol. The van der Waals surface area contributed by atoms with Crippen LogP contribution in [-0.4, -0.2) is 50.7 Å². The molecule has 0 unspecified atom stereocenters. The second-order valence-corrected chi connectivity index (χ2v) is 9.59. The summed E-state index contributed by atoms with van der Waals surface area (Å²) in [4.78, 5) is 30.5. The predicted octanol–water partition coefficient (Wildman–Crippen LogP) is 1.51. The van der Waals surface area contributed by atoms with E-state index in [9.17, 15) is 23.3 Å². The van der Waals surface area contributed by atoms with E-state index < -0.39 is 27.8 Å². The number of aromatic nitrogens is 1.